The number of anilines is 1. The summed E-state index contributed by atoms with van der Waals surface area (Å²) in [5.74, 6) is 0.857. The summed E-state index contributed by atoms with van der Waals surface area (Å²) in [5, 5.41) is 4.11. The van der Waals surface area contributed by atoms with Crippen molar-refractivity contribution in [2.45, 2.75) is 32.3 Å². The topological polar surface area (TPSA) is 21.3 Å². The number of rotatable bonds is 1. The van der Waals surface area contributed by atoms with Gasteiger partial charge < -0.3 is 10.1 Å². The largest absolute Gasteiger partial charge is 0.482 e. The van der Waals surface area contributed by atoms with Gasteiger partial charge >= 0.3 is 0 Å². The lowest BCUT2D eigenvalue weighted by molar-refractivity contribution is 0.210. The first-order chi connectivity index (χ1) is 9.93. The van der Waals surface area contributed by atoms with Gasteiger partial charge in [-0.1, -0.05) is 56.6 Å². The maximum absolute atomic E-state index is 6.08. The molecule has 0 fully saturated rings. The summed E-state index contributed by atoms with van der Waals surface area (Å²) >= 11 is 5.99. The monoisotopic (exact) mass is 301 g/mol. The highest BCUT2D eigenvalue weighted by molar-refractivity contribution is 6.30. The standard InChI is InChI=1S/C18H20ClNO/c1-18(2,3)13-6-4-12(5-7-13)17-11-20-15-10-14(19)8-9-16(15)21-17/h4-10,17,20H,11H2,1-3H3. The molecule has 21 heavy (non-hydrogen) atoms. The molecular weight excluding hydrogens is 282 g/mol. The molecule has 1 aliphatic heterocycles. The molecule has 1 atom stereocenters. The fraction of sp³-hybridized carbons (Fsp3) is 0.333. The predicted octanol–water partition coefficient (Wildman–Crippen LogP) is 5.18. The van der Waals surface area contributed by atoms with E-state index in [0.717, 1.165) is 23.0 Å². The summed E-state index contributed by atoms with van der Waals surface area (Å²) in [6.07, 6.45) is 0.0349. The minimum absolute atomic E-state index is 0.0349. The van der Waals surface area contributed by atoms with Gasteiger partial charge in [-0.05, 0) is 34.7 Å². The van der Waals surface area contributed by atoms with Crippen molar-refractivity contribution in [3.05, 3.63) is 58.6 Å². The molecule has 1 unspecified atom stereocenters. The van der Waals surface area contributed by atoms with Crippen molar-refractivity contribution in [3.63, 3.8) is 0 Å². The van der Waals surface area contributed by atoms with Gasteiger partial charge in [0.2, 0.25) is 0 Å². The van der Waals surface area contributed by atoms with Crippen molar-refractivity contribution >= 4 is 17.3 Å². The third kappa shape index (κ3) is 3.01. The molecule has 110 valence electrons. The average molecular weight is 302 g/mol. The summed E-state index contributed by atoms with van der Waals surface area (Å²) in [7, 11) is 0. The van der Waals surface area contributed by atoms with Crippen LogP contribution < -0.4 is 10.1 Å². The predicted molar refractivity (Wildman–Crippen MR) is 88.5 cm³/mol. The van der Waals surface area contributed by atoms with Crippen LogP contribution in [0.3, 0.4) is 0 Å². The summed E-state index contributed by atoms with van der Waals surface area (Å²) in [4.78, 5) is 0. The van der Waals surface area contributed by atoms with Gasteiger partial charge in [-0.15, -0.1) is 0 Å². The molecule has 3 heteroatoms. The lowest BCUT2D eigenvalue weighted by atomic mass is 9.86. The van der Waals surface area contributed by atoms with Gasteiger partial charge in [-0.25, -0.2) is 0 Å². The second-order valence-electron chi connectivity index (χ2n) is 6.50. The highest BCUT2D eigenvalue weighted by Gasteiger charge is 2.22. The second kappa shape index (κ2) is 5.27. The van der Waals surface area contributed by atoms with Crippen LogP contribution in [0.1, 0.15) is 38.0 Å². The van der Waals surface area contributed by atoms with Crippen molar-refractivity contribution in [1.82, 2.24) is 0 Å². The Kier molecular flexibility index (Phi) is 3.58. The van der Waals surface area contributed by atoms with E-state index in [0.29, 0.717) is 0 Å². The van der Waals surface area contributed by atoms with Crippen LogP contribution in [-0.4, -0.2) is 6.54 Å². The quantitative estimate of drug-likeness (QED) is 0.783. The van der Waals surface area contributed by atoms with Crippen molar-refractivity contribution in [3.8, 4) is 5.75 Å². The van der Waals surface area contributed by atoms with Crippen LogP contribution in [0.4, 0.5) is 5.69 Å². The van der Waals surface area contributed by atoms with E-state index in [1.807, 2.05) is 18.2 Å². The molecule has 3 rings (SSSR count). The van der Waals surface area contributed by atoms with Crippen molar-refractivity contribution in [2.24, 2.45) is 0 Å². The van der Waals surface area contributed by atoms with Crippen LogP contribution >= 0.6 is 11.6 Å². The molecule has 0 spiro atoms. The number of nitrogens with one attached hydrogen (secondary N) is 1. The van der Waals surface area contributed by atoms with Crippen LogP contribution in [0, 0.1) is 0 Å². The van der Waals surface area contributed by atoms with Crippen molar-refractivity contribution in [1.29, 1.82) is 0 Å². The third-order valence-electron chi connectivity index (χ3n) is 3.84. The molecule has 1 aliphatic rings. The Morgan fingerprint density at radius 1 is 1.10 bits per heavy atom. The smallest absolute Gasteiger partial charge is 0.143 e. The second-order valence-corrected chi connectivity index (χ2v) is 6.94. The molecule has 2 aromatic rings. The summed E-state index contributed by atoms with van der Waals surface area (Å²) < 4.78 is 6.08. The molecule has 2 aromatic carbocycles. The van der Waals surface area contributed by atoms with Gasteiger partial charge in [0, 0.05) is 5.02 Å². The number of hydrogen-bond donors (Lipinski definition) is 1. The average Bonchev–Trinajstić information content (AvgIpc) is 2.46. The zero-order chi connectivity index (χ0) is 15.0. The number of ether oxygens (including phenoxy) is 1. The van der Waals surface area contributed by atoms with Crippen LogP contribution in [0.5, 0.6) is 5.75 Å². The van der Waals surface area contributed by atoms with E-state index in [9.17, 15) is 0 Å². The minimum Gasteiger partial charge on any atom is -0.482 e. The normalized spacial score (nSPS) is 17.6. The first-order valence-electron chi connectivity index (χ1n) is 7.24. The molecule has 1 N–H and O–H groups in total. The van der Waals surface area contributed by atoms with Crippen molar-refractivity contribution in [2.75, 3.05) is 11.9 Å². The zero-order valence-electron chi connectivity index (χ0n) is 12.6. The van der Waals surface area contributed by atoms with Gasteiger partial charge in [-0.2, -0.15) is 0 Å². The molecule has 0 saturated heterocycles. The Bertz CT molecular complexity index is 643. The summed E-state index contributed by atoms with van der Waals surface area (Å²) in [5.41, 5.74) is 3.66. The van der Waals surface area contributed by atoms with Gasteiger partial charge in [-0.3, -0.25) is 0 Å². The molecule has 0 aliphatic carbocycles. The Hall–Kier alpha value is -1.67. The van der Waals surface area contributed by atoms with Gasteiger partial charge in [0.1, 0.15) is 11.9 Å². The first kappa shape index (κ1) is 14.3. The van der Waals surface area contributed by atoms with E-state index in [1.54, 1.807) is 0 Å². The molecule has 0 aromatic heterocycles. The Labute approximate surface area is 131 Å². The van der Waals surface area contributed by atoms with E-state index >= 15 is 0 Å². The fourth-order valence-corrected chi connectivity index (χ4v) is 2.70. The summed E-state index contributed by atoms with van der Waals surface area (Å²) in [6, 6.07) is 14.4. The first-order valence-corrected chi connectivity index (χ1v) is 7.62. The fourth-order valence-electron chi connectivity index (χ4n) is 2.52. The Morgan fingerprint density at radius 3 is 2.48 bits per heavy atom. The number of fused-ring (bicyclic) bond motifs is 1. The van der Waals surface area contributed by atoms with Crippen LogP contribution in [0.15, 0.2) is 42.5 Å². The van der Waals surface area contributed by atoms with Gasteiger partial charge in [0.15, 0.2) is 0 Å². The van der Waals surface area contributed by atoms with Gasteiger partial charge in [0.05, 0.1) is 12.2 Å². The highest BCUT2D eigenvalue weighted by atomic mass is 35.5. The van der Waals surface area contributed by atoms with E-state index < -0.39 is 0 Å². The maximum Gasteiger partial charge on any atom is 0.143 e. The van der Waals surface area contributed by atoms with E-state index in [2.05, 4.69) is 50.4 Å². The number of hydrogen-bond acceptors (Lipinski definition) is 2. The molecule has 0 bridgehead atoms. The number of benzene rings is 2. The van der Waals surface area contributed by atoms with E-state index in [1.165, 1.54) is 11.1 Å². The zero-order valence-corrected chi connectivity index (χ0v) is 13.4. The van der Waals surface area contributed by atoms with Crippen LogP contribution in [0.2, 0.25) is 5.02 Å². The lowest BCUT2D eigenvalue weighted by Crippen LogP contribution is -2.23. The van der Waals surface area contributed by atoms with Crippen molar-refractivity contribution < 1.29 is 4.74 Å². The van der Waals surface area contributed by atoms with E-state index in [-0.39, 0.29) is 11.5 Å². The third-order valence-corrected chi connectivity index (χ3v) is 4.07. The molecule has 0 saturated carbocycles. The highest BCUT2D eigenvalue weighted by Crippen LogP contribution is 2.36. The molecule has 0 amide bonds. The lowest BCUT2D eigenvalue weighted by Gasteiger charge is -2.28. The maximum atomic E-state index is 6.08. The molecule has 2 nitrogen and oxygen atoms in total. The minimum atomic E-state index is 0.0349. The van der Waals surface area contributed by atoms with Gasteiger partial charge in [0.25, 0.3) is 0 Å². The molecule has 1 heterocycles. The van der Waals surface area contributed by atoms with Crippen LogP contribution in [0.25, 0.3) is 0 Å². The Morgan fingerprint density at radius 2 is 1.81 bits per heavy atom. The van der Waals surface area contributed by atoms with Crippen LogP contribution in [-0.2, 0) is 5.41 Å². The van der Waals surface area contributed by atoms with E-state index in [4.69, 9.17) is 16.3 Å². The Balaban J connectivity index is 1.81. The SMILES string of the molecule is CC(C)(C)c1ccc(C2CNc3cc(Cl)ccc3O2)cc1. The summed E-state index contributed by atoms with van der Waals surface area (Å²) in [6.45, 7) is 7.42. The molecule has 0 radical (unpaired) electrons. The number of halogens is 1. The molecular formula is C18H20ClNO.